The van der Waals surface area contributed by atoms with E-state index in [4.69, 9.17) is 4.74 Å². The first-order valence-corrected chi connectivity index (χ1v) is 9.24. The van der Waals surface area contributed by atoms with Crippen molar-refractivity contribution in [2.75, 3.05) is 32.8 Å². The number of piperidine rings is 1. The molecule has 2 aromatic rings. The van der Waals surface area contributed by atoms with Crippen LogP contribution in [0.3, 0.4) is 0 Å². The third kappa shape index (κ3) is 4.06. The van der Waals surface area contributed by atoms with Gasteiger partial charge in [-0.1, -0.05) is 6.07 Å². The fourth-order valence-electron chi connectivity index (χ4n) is 3.85. The molecule has 0 radical (unpaired) electrons. The number of nitrogens with one attached hydrogen (secondary N) is 1. The second-order valence-electron chi connectivity index (χ2n) is 7.20. The second kappa shape index (κ2) is 7.58. The molecule has 4 rings (SSSR count). The van der Waals surface area contributed by atoms with Crippen molar-refractivity contribution in [1.82, 2.24) is 25.0 Å². The number of carbonyl (C=O) groups is 1. The van der Waals surface area contributed by atoms with Gasteiger partial charge in [-0.25, -0.2) is 5.10 Å². The van der Waals surface area contributed by atoms with Gasteiger partial charge in [-0.3, -0.25) is 19.5 Å². The van der Waals surface area contributed by atoms with Gasteiger partial charge in [0.15, 0.2) is 0 Å². The van der Waals surface area contributed by atoms with Gasteiger partial charge in [-0.05, 0) is 30.5 Å². The third-order valence-corrected chi connectivity index (χ3v) is 5.32. The van der Waals surface area contributed by atoms with Gasteiger partial charge < -0.3 is 9.64 Å². The Labute approximate surface area is 157 Å². The van der Waals surface area contributed by atoms with E-state index in [1.54, 1.807) is 11.1 Å². The predicted octanol–water partition coefficient (Wildman–Crippen LogP) is 0.672. The Hall–Kier alpha value is -2.58. The van der Waals surface area contributed by atoms with E-state index in [0.29, 0.717) is 19.7 Å². The van der Waals surface area contributed by atoms with Gasteiger partial charge in [0.25, 0.3) is 11.5 Å². The number of rotatable bonds is 3. The van der Waals surface area contributed by atoms with E-state index >= 15 is 0 Å². The van der Waals surface area contributed by atoms with Crippen LogP contribution in [0.1, 0.15) is 28.9 Å². The maximum absolute atomic E-state index is 12.6. The lowest BCUT2D eigenvalue weighted by molar-refractivity contribution is -0.134. The Balaban J connectivity index is 1.36. The molecule has 1 spiro atoms. The molecule has 2 aromatic heterocycles. The summed E-state index contributed by atoms with van der Waals surface area (Å²) in [5.74, 6) is -0.149. The van der Waals surface area contributed by atoms with Crippen LogP contribution in [0.15, 0.2) is 41.5 Å². The van der Waals surface area contributed by atoms with Gasteiger partial charge in [-0.2, -0.15) is 5.10 Å². The molecule has 2 aliphatic heterocycles. The topological polar surface area (TPSA) is 91.4 Å². The molecule has 8 nitrogen and oxygen atoms in total. The van der Waals surface area contributed by atoms with Crippen LogP contribution < -0.4 is 5.56 Å². The average Bonchev–Trinajstić information content (AvgIpc) is 2.70. The zero-order chi connectivity index (χ0) is 18.7. The molecule has 4 heterocycles. The van der Waals surface area contributed by atoms with Gasteiger partial charge in [0.05, 0.1) is 12.2 Å². The zero-order valence-electron chi connectivity index (χ0n) is 15.1. The first-order chi connectivity index (χ1) is 13.1. The summed E-state index contributed by atoms with van der Waals surface area (Å²) in [6.07, 6.45) is 5.28. The fraction of sp³-hybridized carbons (Fsp3) is 0.474. The summed E-state index contributed by atoms with van der Waals surface area (Å²) in [6.45, 7) is 4.58. The first-order valence-electron chi connectivity index (χ1n) is 9.24. The summed E-state index contributed by atoms with van der Waals surface area (Å²) in [7, 11) is 0. The van der Waals surface area contributed by atoms with E-state index in [9.17, 15) is 9.59 Å². The van der Waals surface area contributed by atoms with E-state index in [1.165, 1.54) is 17.7 Å². The summed E-state index contributed by atoms with van der Waals surface area (Å²) >= 11 is 0. The molecule has 0 saturated carbocycles. The molecule has 142 valence electrons. The number of pyridine rings is 1. The van der Waals surface area contributed by atoms with Crippen molar-refractivity contribution in [2.24, 2.45) is 0 Å². The van der Waals surface area contributed by atoms with Crippen molar-refractivity contribution in [3.8, 4) is 0 Å². The number of amides is 1. The number of carbonyl (C=O) groups excluding carboxylic acids is 1. The van der Waals surface area contributed by atoms with Crippen LogP contribution >= 0.6 is 0 Å². The lowest BCUT2D eigenvalue weighted by atomic mass is 9.89. The summed E-state index contributed by atoms with van der Waals surface area (Å²) in [5, 5.41) is 6.16. The Bertz CT molecular complexity index is 825. The molecule has 2 fully saturated rings. The van der Waals surface area contributed by atoms with Crippen LogP contribution in [0.4, 0.5) is 0 Å². The Kier molecular flexibility index (Phi) is 5.00. The van der Waals surface area contributed by atoms with E-state index < -0.39 is 0 Å². The number of hydrogen-bond acceptors (Lipinski definition) is 6. The smallest absolute Gasteiger partial charge is 0.274 e. The summed E-state index contributed by atoms with van der Waals surface area (Å²) in [5.41, 5.74) is 0.962. The highest BCUT2D eigenvalue weighted by Gasteiger charge is 2.40. The van der Waals surface area contributed by atoms with Gasteiger partial charge in [0.1, 0.15) is 5.69 Å². The molecule has 2 saturated heterocycles. The molecule has 0 aromatic carbocycles. The predicted molar refractivity (Wildman–Crippen MR) is 98.2 cm³/mol. The van der Waals surface area contributed by atoms with E-state index in [0.717, 1.165) is 32.5 Å². The van der Waals surface area contributed by atoms with Crippen molar-refractivity contribution >= 4 is 5.91 Å². The zero-order valence-corrected chi connectivity index (χ0v) is 15.1. The molecule has 0 aliphatic carbocycles. The highest BCUT2D eigenvalue weighted by atomic mass is 16.5. The number of hydrogen-bond donors (Lipinski definition) is 1. The average molecular weight is 369 g/mol. The number of likely N-dealkylation sites (tertiary alicyclic amines) is 1. The van der Waals surface area contributed by atoms with Crippen LogP contribution in [0.25, 0.3) is 0 Å². The van der Waals surface area contributed by atoms with Crippen LogP contribution in [0.5, 0.6) is 0 Å². The van der Waals surface area contributed by atoms with Gasteiger partial charge in [-0.15, -0.1) is 0 Å². The maximum Gasteiger partial charge on any atom is 0.274 e. The van der Waals surface area contributed by atoms with E-state index in [1.807, 2.05) is 12.3 Å². The molecule has 0 atom stereocenters. The number of nitrogens with zero attached hydrogens (tertiary/aromatic N) is 4. The molecular weight excluding hydrogens is 346 g/mol. The number of morpholine rings is 1. The lowest BCUT2D eigenvalue weighted by Crippen LogP contribution is -2.57. The normalized spacial score (nSPS) is 19.9. The first kappa shape index (κ1) is 17.8. The Morgan fingerprint density at radius 3 is 2.78 bits per heavy atom. The van der Waals surface area contributed by atoms with Crippen molar-refractivity contribution < 1.29 is 9.53 Å². The molecule has 8 heteroatoms. The Morgan fingerprint density at radius 2 is 2.07 bits per heavy atom. The summed E-state index contributed by atoms with van der Waals surface area (Å²) in [4.78, 5) is 32.1. The molecule has 0 unspecified atom stereocenters. The van der Waals surface area contributed by atoms with E-state index in [2.05, 4.69) is 26.1 Å². The summed E-state index contributed by atoms with van der Waals surface area (Å²) in [6, 6.07) is 6.85. The largest absolute Gasteiger partial charge is 0.372 e. The lowest BCUT2D eigenvalue weighted by Gasteiger charge is -2.47. The quantitative estimate of drug-likeness (QED) is 0.855. The van der Waals surface area contributed by atoms with Crippen molar-refractivity contribution in [2.45, 2.75) is 25.0 Å². The van der Waals surface area contributed by atoms with Crippen LogP contribution in [0.2, 0.25) is 0 Å². The molecule has 2 aliphatic rings. The maximum atomic E-state index is 12.6. The van der Waals surface area contributed by atoms with Crippen molar-refractivity contribution in [3.63, 3.8) is 0 Å². The van der Waals surface area contributed by atoms with Gasteiger partial charge in [0, 0.05) is 51.2 Å². The number of aromatic amines is 1. The van der Waals surface area contributed by atoms with Crippen LogP contribution in [-0.4, -0.2) is 69.3 Å². The minimum absolute atomic E-state index is 0.149. The monoisotopic (exact) mass is 369 g/mol. The standard InChI is InChI=1S/C19H23N5O3/c25-17-4-3-16(21-22-17)18(26)24-8-5-19(6-9-24)14-23(10-11-27-19)13-15-2-1-7-20-12-15/h1-4,7,12H,5-6,8-11,13-14H2,(H,22,25). The van der Waals surface area contributed by atoms with Gasteiger partial charge in [0.2, 0.25) is 0 Å². The van der Waals surface area contributed by atoms with Crippen molar-refractivity contribution in [3.05, 3.63) is 58.3 Å². The molecule has 0 bridgehead atoms. The van der Waals surface area contributed by atoms with Gasteiger partial charge >= 0.3 is 0 Å². The second-order valence-corrected chi connectivity index (χ2v) is 7.20. The number of ether oxygens (including phenoxy) is 1. The van der Waals surface area contributed by atoms with Crippen LogP contribution in [0, 0.1) is 0 Å². The number of aromatic nitrogens is 3. The SMILES string of the molecule is O=C(c1ccc(=O)[nH]n1)N1CCC2(CC1)CN(Cc1cccnc1)CCO2. The number of H-pyrrole nitrogens is 1. The van der Waals surface area contributed by atoms with Crippen molar-refractivity contribution in [1.29, 1.82) is 0 Å². The highest BCUT2D eigenvalue weighted by molar-refractivity contribution is 5.92. The molecular formula is C19H23N5O3. The summed E-state index contributed by atoms with van der Waals surface area (Å²) < 4.78 is 6.17. The fourth-order valence-corrected chi connectivity index (χ4v) is 3.85. The molecule has 27 heavy (non-hydrogen) atoms. The van der Waals surface area contributed by atoms with E-state index in [-0.39, 0.29) is 22.8 Å². The minimum Gasteiger partial charge on any atom is -0.372 e. The molecule has 1 N–H and O–H groups in total. The third-order valence-electron chi connectivity index (χ3n) is 5.32. The minimum atomic E-state index is -0.312. The van der Waals surface area contributed by atoms with Crippen LogP contribution in [-0.2, 0) is 11.3 Å². The highest BCUT2D eigenvalue weighted by Crippen LogP contribution is 2.31. The Morgan fingerprint density at radius 1 is 1.22 bits per heavy atom. The molecule has 1 amide bonds.